The van der Waals surface area contributed by atoms with Crippen LogP contribution in [-0.2, 0) is 14.4 Å². The topological polar surface area (TPSA) is 136 Å². The molecule has 0 bridgehead atoms. The van der Waals surface area contributed by atoms with E-state index in [-0.39, 0.29) is 25.2 Å². The molecule has 1 atom stereocenters. The first kappa shape index (κ1) is 15.4. The van der Waals surface area contributed by atoms with E-state index in [1.54, 1.807) is 0 Å². The molecule has 0 aromatic rings. The van der Waals surface area contributed by atoms with Gasteiger partial charge in [0.25, 0.3) is 0 Å². The number of carboxylic acid groups (broad SMARTS) is 1. The smallest absolute Gasteiger partial charge is 0.326 e. The Kier molecular flexibility index (Phi) is 5.29. The van der Waals surface area contributed by atoms with E-state index in [2.05, 4.69) is 5.32 Å². The van der Waals surface area contributed by atoms with Crippen molar-refractivity contribution in [2.75, 3.05) is 0 Å². The van der Waals surface area contributed by atoms with Gasteiger partial charge in [0.05, 0.1) is 0 Å². The Morgan fingerprint density at radius 2 is 1.84 bits per heavy atom. The summed E-state index contributed by atoms with van der Waals surface area (Å²) >= 11 is 0. The molecule has 0 radical (unpaired) electrons. The summed E-state index contributed by atoms with van der Waals surface area (Å²) in [6.45, 7) is 0. The highest BCUT2D eigenvalue weighted by molar-refractivity contribution is 5.84. The van der Waals surface area contributed by atoms with Crippen molar-refractivity contribution in [1.29, 1.82) is 0 Å². The van der Waals surface area contributed by atoms with Crippen molar-refractivity contribution in [3.63, 3.8) is 0 Å². The van der Waals surface area contributed by atoms with Crippen LogP contribution in [0.1, 0.15) is 44.9 Å². The summed E-state index contributed by atoms with van der Waals surface area (Å²) in [5.74, 6) is -2.15. The number of carboxylic acids is 1. The normalized spacial score (nSPS) is 18.8. The van der Waals surface area contributed by atoms with E-state index in [4.69, 9.17) is 16.6 Å². The molecule has 6 N–H and O–H groups in total. The third kappa shape index (κ3) is 5.25. The molecule has 0 aromatic heterocycles. The summed E-state index contributed by atoms with van der Waals surface area (Å²) in [6.07, 6.45) is 3.58. The van der Waals surface area contributed by atoms with Gasteiger partial charge in [-0.2, -0.15) is 0 Å². The van der Waals surface area contributed by atoms with Crippen molar-refractivity contribution in [3.05, 3.63) is 0 Å². The zero-order valence-corrected chi connectivity index (χ0v) is 10.9. The van der Waals surface area contributed by atoms with E-state index in [0.29, 0.717) is 0 Å². The second-order valence-corrected chi connectivity index (χ2v) is 5.21. The van der Waals surface area contributed by atoms with Gasteiger partial charge in [-0.1, -0.05) is 12.8 Å². The van der Waals surface area contributed by atoms with Crippen LogP contribution in [0.2, 0.25) is 0 Å². The summed E-state index contributed by atoms with van der Waals surface area (Å²) in [5.41, 5.74) is 10.5. The van der Waals surface area contributed by atoms with Gasteiger partial charge in [-0.05, 0) is 19.3 Å². The Bertz CT molecular complexity index is 364. The molecule has 1 fully saturated rings. The molecule has 1 aliphatic rings. The maximum atomic E-state index is 11.8. The molecule has 0 spiro atoms. The molecule has 0 saturated heterocycles. The van der Waals surface area contributed by atoms with Gasteiger partial charge < -0.3 is 21.9 Å². The van der Waals surface area contributed by atoms with Crippen LogP contribution in [0.5, 0.6) is 0 Å². The van der Waals surface area contributed by atoms with Gasteiger partial charge in [0, 0.05) is 18.4 Å². The molecule has 1 rings (SSSR count). The zero-order valence-electron chi connectivity index (χ0n) is 10.9. The predicted molar refractivity (Wildman–Crippen MR) is 68.0 cm³/mol. The number of hydrogen-bond donors (Lipinski definition) is 4. The predicted octanol–water partition coefficient (Wildman–Crippen LogP) is -0.517. The molecule has 19 heavy (non-hydrogen) atoms. The average Bonchev–Trinajstić information content (AvgIpc) is 2.70. The molecule has 7 nitrogen and oxygen atoms in total. The molecule has 1 unspecified atom stereocenters. The van der Waals surface area contributed by atoms with Crippen LogP contribution in [0.3, 0.4) is 0 Å². The fourth-order valence-corrected chi connectivity index (χ4v) is 2.36. The Balaban J connectivity index is 2.46. The number of hydrogen-bond acceptors (Lipinski definition) is 4. The van der Waals surface area contributed by atoms with Crippen molar-refractivity contribution in [2.24, 2.45) is 11.5 Å². The standard InChI is InChI=1S/C12H21N3O4/c13-9(16)4-3-8(11(18)19)15-10(17)7-12(14)5-1-2-6-12/h8H,1-7,14H2,(H2,13,16)(H,15,17)(H,18,19). The van der Waals surface area contributed by atoms with Crippen LogP contribution >= 0.6 is 0 Å². The van der Waals surface area contributed by atoms with E-state index in [1.807, 2.05) is 0 Å². The van der Waals surface area contributed by atoms with Crippen molar-refractivity contribution in [3.8, 4) is 0 Å². The molecule has 108 valence electrons. The van der Waals surface area contributed by atoms with Crippen LogP contribution in [0.25, 0.3) is 0 Å². The lowest BCUT2D eigenvalue weighted by atomic mass is 9.94. The van der Waals surface area contributed by atoms with Crippen LogP contribution in [0.4, 0.5) is 0 Å². The largest absolute Gasteiger partial charge is 0.480 e. The molecule has 0 aromatic carbocycles. The Morgan fingerprint density at radius 3 is 2.32 bits per heavy atom. The number of aliphatic carboxylic acids is 1. The monoisotopic (exact) mass is 271 g/mol. The van der Waals surface area contributed by atoms with Crippen LogP contribution < -0.4 is 16.8 Å². The molecular formula is C12H21N3O4. The summed E-state index contributed by atoms with van der Waals surface area (Å²) in [5, 5.41) is 11.4. The molecule has 2 amide bonds. The number of nitrogens with two attached hydrogens (primary N) is 2. The lowest BCUT2D eigenvalue weighted by Crippen LogP contribution is -2.47. The molecule has 0 heterocycles. The minimum atomic E-state index is -1.17. The first-order valence-electron chi connectivity index (χ1n) is 6.42. The van der Waals surface area contributed by atoms with Crippen LogP contribution in [0.15, 0.2) is 0 Å². The number of amides is 2. The molecule has 1 saturated carbocycles. The second-order valence-electron chi connectivity index (χ2n) is 5.21. The van der Waals surface area contributed by atoms with E-state index >= 15 is 0 Å². The van der Waals surface area contributed by atoms with Crippen molar-refractivity contribution in [1.82, 2.24) is 5.32 Å². The van der Waals surface area contributed by atoms with E-state index < -0.39 is 23.5 Å². The first-order valence-corrected chi connectivity index (χ1v) is 6.42. The van der Waals surface area contributed by atoms with Gasteiger partial charge in [-0.15, -0.1) is 0 Å². The maximum absolute atomic E-state index is 11.8. The highest BCUT2D eigenvalue weighted by atomic mass is 16.4. The van der Waals surface area contributed by atoms with Crippen molar-refractivity contribution < 1.29 is 19.5 Å². The molecule has 7 heteroatoms. The average molecular weight is 271 g/mol. The highest BCUT2D eigenvalue weighted by Gasteiger charge is 2.32. The summed E-state index contributed by atoms with van der Waals surface area (Å²) < 4.78 is 0. The minimum absolute atomic E-state index is 0.00597. The third-order valence-electron chi connectivity index (χ3n) is 3.42. The fourth-order valence-electron chi connectivity index (χ4n) is 2.36. The Labute approximate surface area is 111 Å². The van der Waals surface area contributed by atoms with Gasteiger partial charge >= 0.3 is 5.97 Å². The van der Waals surface area contributed by atoms with Gasteiger partial charge in [-0.3, -0.25) is 9.59 Å². The Morgan fingerprint density at radius 1 is 1.26 bits per heavy atom. The van der Waals surface area contributed by atoms with Gasteiger partial charge in [0.15, 0.2) is 0 Å². The molecular weight excluding hydrogens is 250 g/mol. The number of rotatable bonds is 7. The van der Waals surface area contributed by atoms with Crippen molar-refractivity contribution in [2.45, 2.75) is 56.5 Å². The summed E-state index contributed by atoms with van der Waals surface area (Å²) in [6, 6.07) is -1.09. The third-order valence-corrected chi connectivity index (χ3v) is 3.42. The summed E-state index contributed by atoms with van der Waals surface area (Å²) in [4.78, 5) is 33.4. The number of carbonyl (C=O) groups excluding carboxylic acids is 2. The highest BCUT2D eigenvalue weighted by Crippen LogP contribution is 2.29. The molecule has 1 aliphatic carbocycles. The van der Waals surface area contributed by atoms with Gasteiger partial charge in [0.2, 0.25) is 11.8 Å². The number of carbonyl (C=O) groups is 3. The number of primary amides is 1. The van der Waals surface area contributed by atoms with E-state index in [9.17, 15) is 14.4 Å². The van der Waals surface area contributed by atoms with E-state index in [0.717, 1.165) is 25.7 Å². The molecule has 0 aliphatic heterocycles. The SMILES string of the molecule is NC(=O)CCC(NC(=O)CC1(N)CCCC1)C(=O)O. The maximum Gasteiger partial charge on any atom is 0.326 e. The minimum Gasteiger partial charge on any atom is -0.480 e. The zero-order chi connectivity index (χ0) is 14.5. The lowest BCUT2D eigenvalue weighted by molar-refractivity contribution is -0.142. The van der Waals surface area contributed by atoms with E-state index in [1.165, 1.54) is 0 Å². The van der Waals surface area contributed by atoms with Crippen LogP contribution in [0, 0.1) is 0 Å². The second kappa shape index (κ2) is 6.51. The van der Waals surface area contributed by atoms with Gasteiger partial charge in [0.1, 0.15) is 6.04 Å². The summed E-state index contributed by atoms with van der Waals surface area (Å²) in [7, 11) is 0. The fraction of sp³-hybridized carbons (Fsp3) is 0.750. The van der Waals surface area contributed by atoms with Crippen molar-refractivity contribution >= 4 is 17.8 Å². The van der Waals surface area contributed by atoms with Gasteiger partial charge in [-0.25, -0.2) is 4.79 Å². The quantitative estimate of drug-likeness (QED) is 0.494. The Hall–Kier alpha value is -1.63. The lowest BCUT2D eigenvalue weighted by Gasteiger charge is -2.23. The first-order chi connectivity index (χ1) is 8.82. The number of nitrogens with one attached hydrogen (secondary N) is 1. The van der Waals surface area contributed by atoms with Crippen LogP contribution in [-0.4, -0.2) is 34.5 Å².